The fourth-order valence-corrected chi connectivity index (χ4v) is 1.84. The van der Waals surface area contributed by atoms with Gasteiger partial charge in [-0.05, 0) is 32.7 Å². The Balaban J connectivity index is 2.12. The van der Waals surface area contributed by atoms with E-state index < -0.39 is 0 Å². The zero-order chi connectivity index (χ0) is 10.8. The quantitative estimate of drug-likeness (QED) is 0.784. The van der Waals surface area contributed by atoms with E-state index in [1.165, 1.54) is 12.8 Å². The number of nitrogens with one attached hydrogen (secondary N) is 1. The fourth-order valence-electron chi connectivity index (χ4n) is 1.84. The number of hydrogen-bond donors (Lipinski definition) is 1. The van der Waals surface area contributed by atoms with Crippen molar-refractivity contribution in [1.82, 2.24) is 14.9 Å². The molecular formula is C11H17N3O. The molecule has 4 heteroatoms. The second-order valence-corrected chi connectivity index (χ2v) is 4.25. The predicted octanol–water partition coefficient (Wildman–Crippen LogP) is 0.550. The molecule has 1 aromatic rings. The van der Waals surface area contributed by atoms with Gasteiger partial charge in [0.15, 0.2) is 0 Å². The molecular weight excluding hydrogens is 190 g/mol. The maximum absolute atomic E-state index is 11.6. The molecule has 1 atom stereocenters. The lowest BCUT2D eigenvalue weighted by Crippen LogP contribution is -2.36. The first-order chi connectivity index (χ1) is 7.20. The van der Waals surface area contributed by atoms with E-state index in [2.05, 4.69) is 10.3 Å². The van der Waals surface area contributed by atoms with Crippen LogP contribution in [-0.4, -0.2) is 22.6 Å². The lowest BCUT2D eigenvalue weighted by Gasteiger charge is -2.16. The van der Waals surface area contributed by atoms with Gasteiger partial charge < -0.3 is 5.32 Å². The highest BCUT2D eigenvalue weighted by Gasteiger charge is 2.30. The molecule has 0 aliphatic heterocycles. The Hall–Kier alpha value is -1.16. The maximum Gasteiger partial charge on any atom is 0.253 e. The summed E-state index contributed by atoms with van der Waals surface area (Å²) < 4.78 is 1.69. The largest absolute Gasteiger partial charge is 0.315 e. The second-order valence-electron chi connectivity index (χ2n) is 4.25. The summed E-state index contributed by atoms with van der Waals surface area (Å²) >= 11 is 0. The van der Waals surface area contributed by atoms with Crippen LogP contribution in [0.2, 0.25) is 0 Å². The predicted molar refractivity (Wildman–Crippen MR) is 58.8 cm³/mol. The van der Waals surface area contributed by atoms with Gasteiger partial charge in [-0.1, -0.05) is 0 Å². The molecule has 1 aliphatic rings. The van der Waals surface area contributed by atoms with Gasteiger partial charge in [0.2, 0.25) is 0 Å². The molecule has 0 aromatic carbocycles. The lowest BCUT2D eigenvalue weighted by molar-refractivity contribution is 0.426. The summed E-state index contributed by atoms with van der Waals surface area (Å²) in [6, 6.07) is 1.99. The average molecular weight is 207 g/mol. The number of aromatic nitrogens is 2. The minimum atomic E-state index is 0.0448. The summed E-state index contributed by atoms with van der Waals surface area (Å²) in [7, 11) is 1.95. The Morgan fingerprint density at radius 2 is 2.40 bits per heavy atom. The first-order valence-corrected chi connectivity index (χ1v) is 5.41. The van der Waals surface area contributed by atoms with Crippen LogP contribution in [-0.2, 0) is 6.54 Å². The molecule has 1 aromatic heterocycles. The van der Waals surface area contributed by atoms with Crippen LogP contribution in [0.25, 0.3) is 0 Å². The van der Waals surface area contributed by atoms with Crippen LogP contribution in [0.1, 0.15) is 18.5 Å². The van der Waals surface area contributed by atoms with Gasteiger partial charge in [0.1, 0.15) is 0 Å². The van der Waals surface area contributed by atoms with Crippen molar-refractivity contribution < 1.29 is 0 Å². The molecule has 15 heavy (non-hydrogen) atoms. The van der Waals surface area contributed by atoms with Gasteiger partial charge >= 0.3 is 0 Å². The smallest absolute Gasteiger partial charge is 0.253 e. The second kappa shape index (κ2) is 4.14. The number of likely N-dealkylation sites (N-methyl/N-ethyl adjacent to an activating group) is 1. The number of nitrogens with zero attached hydrogens (tertiary/aromatic N) is 2. The molecule has 1 aliphatic carbocycles. The summed E-state index contributed by atoms with van der Waals surface area (Å²) in [4.78, 5) is 15.8. The molecule has 0 spiro atoms. The van der Waals surface area contributed by atoms with Gasteiger partial charge in [-0.15, -0.1) is 0 Å². The Morgan fingerprint density at radius 3 is 2.93 bits per heavy atom. The summed E-state index contributed by atoms with van der Waals surface area (Å²) in [5.41, 5.74) is 0.826. The van der Waals surface area contributed by atoms with Crippen molar-refractivity contribution >= 4 is 0 Å². The van der Waals surface area contributed by atoms with Crippen molar-refractivity contribution in [3.05, 3.63) is 28.4 Å². The number of rotatable bonds is 4. The van der Waals surface area contributed by atoms with Gasteiger partial charge in [-0.25, -0.2) is 4.98 Å². The molecule has 2 rings (SSSR count). The maximum atomic E-state index is 11.6. The summed E-state index contributed by atoms with van der Waals surface area (Å²) in [6.07, 6.45) is 4.20. The molecule has 0 bridgehead atoms. The molecule has 1 N–H and O–H groups in total. The minimum Gasteiger partial charge on any atom is -0.315 e. The van der Waals surface area contributed by atoms with Crippen molar-refractivity contribution in [3.8, 4) is 0 Å². The third-order valence-corrected chi connectivity index (χ3v) is 2.97. The molecule has 1 heterocycles. The number of hydrogen-bond acceptors (Lipinski definition) is 3. The average Bonchev–Trinajstić information content (AvgIpc) is 3.00. The SMILES string of the molecule is CNC(Cn1cnc(C)cc1=O)C1CC1. The molecule has 0 radical (unpaired) electrons. The van der Waals surface area contributed by atoms with Crippen LogP contribution in [0.4, 0.5) is 0 Å². The number of aryl methyl sites for hydroxylation is 1. The summed E-state index contributed by atoms with van der Waals surface area (Å²) in [5.74, 6) is 0.739. The summed E-state index contributed by atoms with van der Waals surface area (Å²) in [6.45, 7) is 2.56. The van der Waals surface area contributed by atoms with Crippen LogP contribution in [0.3, 0.4) is 0 Å². The van der Waals surface area contributed by atoms with Crippen molar-refractivity contribution in [3.63, 3.8) is 0 Å². The van der Waals surface area contributed by atoms with E-state index in [0.29, 0.717) is 6.04 Å². The molecule has 0 amide bonds. The fraction of sp³-hybridized carbons (Fsp3) is 0.636. The van der Waals surface area contributed by atoms with E-state index in [1.807, 2.05) is 14.0 Å². The van der Waals surface area contributed by atoms with Crippen LogP contribution in [0.15, 0.2) is 17.2 Å². The Kier molecular flexibility index (Phi) is 2.86. The molecule has 1 saturated carbocycles. The van der Waals surface area contributed by atoms with E-state index >= 15 is 0 Å². The first kappa shape index (κ1) is 10.4. The van der Waals surface area contributed by atoms with E-state index in [-0.39, 0.29) is 5.56 Å². The highest BCUT2D eigenvalue weighted by atomic mass is 16.1. The highest BCUT2D eigenvalue weighted by molar-refractivity contribution is 4.97. The van der Waals surface area contributed by atoms with E-state index in [0.717, 1.165) is 18.2 Å². The first-order valence-electron chi connectivity index (χ1n) is 5.41. The van der Waals surface area contributed by atoms with Gasteiger partial charge in [0, 0.05) is 24.3 Å². The Labute approximate surface area is 89.3 Å². The molecule has 82 valence electrons. The standard InChI is InChI=1S/C11H17N3O/c1-8-5-11(15)14(7-13-8)6-10(12-2)9-3-4-9/h5,7,9-10,12H,3-4,6H2,1-2H3. The third-order valence-electron chi connectivity index (χ3n) is 2.97. The van der Waals surface area contributed by atoms with Crippen LogP contribution >= 0.6 is 0 Å². The zero-order valence-electron chi connectivity index (χ0n) is 9.23. The normalized spacial score (nSPS) is 17.7. The Bertz CT molecular complexity index is 395. The summed E-state index contributed by atoms with van der Waals surface area (Å²) in [5, 5.41) is 3.27. The minimum absolute atomic E-state index is 0.0448. The van der Waals surface area contributed by atoms with Gasteiger partial charge in [-0.2, -0.15) is 0 Å². The van der Waals surface area contributed by atoms with Crippen LogP contribution < -0.4 is 10.9 Å². The topological polar surface area (TPSA) is 46.9 Å². The van der Waals surface area contributed by atoms with Crippen molar-refractivity contribution in [2.45, 2.75) is 32.4 Å². The van der Waals surface area contributed by atoms with Crippen molar-refractivity contribution in [2.75, 3.05) is 7.05 Å². The molecule has 1 fully saturated rings. The molecule has 4 nitrogen and oxygen atoms in total. The van der Waals surface area contributed by atoms with Crippen molar-refractivity contribution in [1.29, 1.82) is 0 Å². The zero-order valence-corrected chi connectivity index (χ0v) is 9.23. The van der Waals surface area contributed by atoms with Crippen molar-refractivity contribution in [2.24, 2.45) is 5.92 Å². The monoisotopic (exact) mass is 207 g/mol. The Morgan fingerprint density at radius 1 is 1.67 bits per heavy atom. The molecule has 0 saturated heterocycles. The van der Waals surface area contributed by atoms with Gasteiger partial charge in [-0.3, -0.25) is 9.36 Å². The lowest BCUT2D eigenvalue weighted by atomic mass is 10.2. The highest BCUT2D eigenvalue weighted by Crippen LogP contribution is 2.32. The van der Waals surface area contributed by atoms with E-state index in [4.69, 9.17) is 0 Å². The van der Waals surface area contributed by atoms with E-state index in [1.54, 1.807) is 17.0 Å². The van der Waals surface area contributed by atoms with Gasteiger partial charge in [0.25, 0.3) is 5.56 Å². The van der Waals surface area contributed by atoms with E-state index in [9.17, 15) is 4.79 Å². The molecule has 1 unspecified atom stereocenters. The van der Waals surface area contributed by atoms with Crippen LogP contribution in [0, 0.1) is 12.8 Å². The third kappa shape index (κ3) is 2.45. The van der Waals surface area contributed by atoms with Crippen LogP contribution in [0.5, 0.6) is 0 Å². The van der Waals surface area contributed by atoms with Gasteiger partial charge in [0.05, 0.1) is 6.33 Å².